The molecule has 1 aromatic rings. The molecule has 0 bridgehead atoms. The number of hydrogen-bond donors (Lipinski definition) is 0. The lowest BCUT2D eigenvalue weighted by Crippen LogP contribution is -2.13. The first-order chi connectivity index (χ1) is 8.13. The summed E-state index contributed by atoms with van der Waals surface area (Å²) < 4.78 is 14.0. The van der Waals surface area contributed by atoms with Crippen molar-refractivity contribution in [2.75, 3.05) is 0 Å². The molecule has 0 nitrogen and oxygen atoms in total. The molecule has 0 spiro atoms. The van der Waals surface area contributed by atoms with Gasteiger partial charge >= 0.3 is 0 Å². The van der Waals surface area contributed by atoms with E-state index in [1.165, 1.54) is 0 Å². The molecule has 0 unspecified atom stereocenters. The van der Waals surface area contributed by atoms with E-state index in [0.29, 0.717) is 17.4 Å². The van der Waals surface area contributed by atoms with Crippen molar-refractivity contribution in [2.45, 2.75) is 31.6 Å². The third kappa shape index (κ3) is 2.50. The SMILES string of the molecule is C=CC1CCC(c2ccc([CH2-])c(Cl)c2F)CC1. The number of allylic oxidation sites excluding steroid dienone is 1. The number of benzene rings is 1. The molecule has 0 aliphatic heterocycles. The molecule has 0 amide bonds. The van der Waals surface area contributed by atoms with Crippen LogP contribution in [-0.2, 0) is 0 Å². The molecular weight excluding hydrogens is 235 g/mol. The molecule has 0 atom stereocenters. The Balaban J connectivity index is 2.19. The average molecular weight is 252 g/mol. The Kier molecular flexibility index (Phi) is 3.78. The molecule has 1 saturated carbocycles. The number of halogens is 2. The first-order valence-electron chi connectivity index (χ1n) is 6.06. The van der Waals surface area contributed by atoms with Crippen LogP contribution in [0.5, 0.6) is 0 Å². The van der Waals surface area contributed by atoms with Crippen molar-refractivity contribution in [3.8, 4) is 0 Å². The van der Waals surface area contributed by atoms with Gasteiger partial charge in [-0.05, 0) is 48.1 Å². The highest BCUT2D eigenvalue weighted by atomic mass is 35.5. The zero-order valence-electron chi connectivity index (χ0n) is 9.89. The fourth-order valence-electron chi connectivity index (χ4n) is 2.59. The highest BCUT2D eigenvalue weighted by molar-refractivity contribution is 6.31. The predicted octanol–water partition coefficient (Wildman–Crippen LogP) is 5.12. The van der Waals surface area contributed by atoms with Gasteiger partial charge in [-0.15, -0.1) is 12.6 Å². The molecule has 2 rings (SSSR count). The molecule has 0 aromatic heterocycles. The molecular formula is C15H17ClF-. The van der Waals surface area contributed by atoms with Crippen LogP contribution >= 0.6 is 11.6 Å². The van der Waals surface area contributed by atoms with Crippen LogP contribution in [0.4, 0.5) is 4.39 Å². The molecule has 1 aliphatic carbocycles. The van der Waals surface area contributed by atoms with Gasteiger partial charge in [-0.3, -0.25) is 0 Å². The third-order valence-electron chi connectivity index (χ3n) is 3.74. The lowest BCUT2D eigenvalue weighted by atomic mass is 9.78. The molecule has 0 saturated heterocycles. The van der Waals surface area contributed by atoms with E-state index in [9.17, 15) is 4.39 Å². The quantitative estimate of drug-likeness (QED) is 0.505. The summed E-state index contributed by atoms with van der Waals surface area (Å²) in [7, 11) is 0. The second-order valence-corrected chi connectivity index (χ2v) is 5.17. The minimum atomic E-state index is -0.277. The van der Waals surface area contributed by atoms with Crippen LogP contribution in [0, 0.1) is 18.7 Å². The Morgan fingerprint density at radius 2 is 1.94 bits per heavy atom. The van der Waals surface area contributed by atoms with E-state index in [2.05, 4.69) is 13.5 Å². The van der Waals surface area contributed by atoms with Gasteiger partial charge in [0.05, 0.1) is 5.82 Å². The zero-order valence-corrected chi connectivity index (χ0v) is 10.6. The largest absolute Gasteiger partial charge is 0.220 e. The molecule has 17 heavy (non-hydrogen) atoms. The van der Waals surface area contributed by atoms with E-state index in [1.807, 2.05) is 12.1 Å². The Morgan fingerprint density at radius 1 is 1.29 bits per heavy atom. The van der Waals surface area contributed by atoms with E-state index >= 15 is 0 Å². The van der Waals surface area contributed by atoms with Gasteiger partial charge in [-0.25, -0.2) is 4.39 Å². The molecule has 1 aliphatic rings. The lowest BCUT2D eigenvalue weighted by Gasteiger charge is -2.28. The van der Waals surface area contributed by atoms with Gasteiger partial charge in [-0.2, -0.15) is 30.2 Å². The van der Waals surface area contributed by atoms with Crippen LogP contribution in [0.1, 0.15) is 42.7 Å². The Morgan fingerprint density at radius 3 is 2.53 bits per heavy atom. The van der Waals surface area contributed by atoms with Crippen molar-refractivity contribution in [1.29, 1.82) is 0 Å². The second-order valence-electron chi connectivity index (χ2n) is 4.79. The van der Waals surface area contributed by atoms with Crippen LogP contribution in [-0.4, -0.2) is 0 Å². The van der Waals surface area contributed by atoms with E-state index in [-0.39, 0.29) is 10.8 Å². The lowest BCUT2D eigenvalue weighted by molar-refractivity contribution is 0.369. The second kappa shape index (κ2) is 5.14. The molecule has 0 heterocycles. The summed E-state index contributed by atoms with van der Waals surface area (Å²) in [4.78, 5) is 0. The molecule has 0 radical (unpaired) electrons. The highest BCUT2D eigenvalue weighted by Crippen LogP contribution is 2.38. The van der Waals surface area contributed by atoms with Gasteiger partial charge in [0.25, 0.3) is 0 Å². The van der Waals surface area contributed by atoms with E-state index in [1.54, 1.807) is 6.07 Å². The summed E-state index contributed by atoms with van der Waals surface area (Å²) in [6.07, 6.45) is 6.23. The highest BCUT2D eigenvalue weighted by Gasteiger charge is 2.22. The fraction of sp³-hybridized carbons (Fsp3) is 0.400. The Labute approximate surface area is 107 Å². The van der Waals surface area contributed by atoms with Crippen LogP contribution < -0.4 is 0 Å². The van der Waals surface area contributed by atoms with E-state index < -0.39 is 0 Å². The Bertz CT molecular complexity index is 417. The smallest absolute Gasteiger partial charge is 0.0891 e. The van der Waals surface area contributed by atoms with Crippen LogP contribution in [0.25, 0.3) is 0 Å². The molecule has 1 fully saturated rings. The van der Waals surface area contributed by atoms with E-state index in [4.69, 9.17) is 11.6 Å². The average Bonchev–Trinajstić information content (AvgIpc) is 2.36. The Hall–Kier alpha value is -0.950. The maximum absolute atomic E-state index is 14.0. The van der Waals surface area contributed by atoms with Crippen molar-refractivity contribution >= 4 is 11.6 Å². The monoisotopic (exact) mass is 251 g/mol. The van der Waals surface area contributed by atoms with Crippen LogP contribution in [0.2, 0.25) is 5.02 Å². The van der Waals surface area contributed by atoms with Gasteiger partial charge in [-0.1, -0.05) is 6.08 Å². The zero-order chi connectivity index (χ0) is 12.4. The van der Waals surface area contributed by atoms with Crippen LogP contribution in [0.15, 0.2) is 24.8 Å². The van der Waals surface area contributed by atoms with Gasteiger partial charge in [0.1, 0.15) is 0 Å². The summed E-state index contributed by atoms with van der Waals surface area (Å²) in [5.41, 5.74) is 1.32. The molecule has 1 aromatic carbocycles. The summed E-state index contributed by atoms with van der Waals surface area (Å²) >= 11 is 5.90. The van der Waals surface area contributed by atoms with Crippen molar-refractivity contribution in [1.82, 2.24) is 0 Å². The molecule has 92 valence electrons. The van der Waals surface area contributed by atoms with E-state index in [0.717, 1.165) is 31.2 Å². The standard InChI is InChI=1S/C15H17ClF/c1-3-11-5-7-12(8-6-11)13-9-4-10(2)14(16)15(13)17/h3-4,9,11-12H,1-2,5-8H2/q-1. The molecule has 0 N–H and O–H groups in total. The van der Waals surface area contributed by atoms with Gasteiger partial charge in [0.2, 0.25) is 0 Å². The maximum Gasteiger partial charge on any atom is 0.0891 e. The summed E-state index contributed by atoms with van der Waals surface area (Å²) in [5, 5.41) is 0.174. The van der Waals surface area contributed by atoms with Gasteiger partial charge in [0, 0.05) is 0 Å². The minimum absolute atomic E-state index is 0.174. The summed E-state index contributed by atoms with van der Waals surface area (Å²) in [5.74, 6) is 0.613. The minimum Gasteiger partial charge on any atom is -0.220 e. The first-order valence-corrected chi connectivity index (χ1v) is 6.43. The first kappa shape index (κ1) is 12.5. The third-order valence-corrected chi connectivity index (χ3v) is 4.15. The topological polar surface area (TPSA) is 0 Å². The summed E-state index contributed by atoms with van der Waals surface area (Å²) in [6.45, 7) is 7.53. The van der Waals surface area contributed by atoms with Gasteiger partial charge < -0.3 is 0 Å². The summed E-state index contributed by atoms with van der Waals surface area (Å²) in [6, 6.07) is 3.64. The maximum atomic E-state index is 14.0. The number of rotatable bonds is 2. The molecule has 2 heteroatoms. The fourth-order valence-corrected chi connectivity index (χ4v) is 2.76. The van der Waals surface area contributed by atoms with Crippen molar-refractivity contribution in [3.05, 3.63) is 53.7 Å². The van der Waals surface area contributed by atoms with Crippen molar-refractivity contribution < 1.29 is 4.39 Å². The predicted molar refractivity (Wildman–Crippen MR) is 70.8 cm³/mol. The van der Waals surface area contributed by atoms with Crippen molar-refractivity contribution in [2.24, 2.45) is 5.92 Å². The number of hydrogen-bond acceptors (Lipinski definition) is 0. The van der Waals surface area contributed by atoms with Crippen LogP contribution in [0.3, 0.4) is 0 Å². The van der Waals surface area contributed by atoms with Gasteiger partial charge in [0.15, 0.2) is 0 Å². The van der Waals surface area contributed by atoms with Crippen molar-refractivity contribution in [3.63, 3.8) is 0 Å². The normalized spacial score (nSPS) is 24.6.